The molecule has 1 aromatic heterocycles. The number of nitrogens with zero attached hydrogens (tertiary/aromatic N) is 1. The molecule has 1 atom stereocenters. The number of aromatic nitrogens is 1. The Morgan fingerprint density at radius 1 is 1.24 bits per heavy atom. The van der Waals surface area contributed by atoms with Gasteiger partial charge in [0.15, 0.2) is 0 Å². The lowest BCUT2D eigenvalue weighted by molar-refractivity contribution is -0.137. The van der Waals surface area contributed by atoms with Crippen LogP contribution in [-0.4, -0.2) is 34.7 Å². The Bertz CT molecular complexity index is 859. The van der Waals surface area contributed by atoms with Crippen LogP contribution in [0, 0.1) is 5.92 Å². The number of hydrogen-bond donors (Lipinski definition) is 2. The monoisotopic (exact) mass is 342 g/mol. The number of ether oxygens (including phenoxy) is 1. The molecule has 7 nitrogen and oxygen atoms in total. The van der Waals surface area contributed by atoms with E-state index < -0.39 is 24.0 Å². The molecule has 7 heteroatoms. The first-order valence-electron chi connectivity index (χ1n) is 7.94. The number of amides is 1. The maximum atomic E-state index is 12.3. The maximum Gasteiger partial charge on any atom is 0.323 e. The number of para-hydroxylation sites is 1. The quantitative estimate of drug-likeness (QED) is 0.842. The number of aliphatic carboxylic acids is 1. The van der Waals surface area contributed by atoms with Crippen molar-refractivity contribution in [1.29, 1.82) is 0 Å². The second-order valence-corrected chi connectivity index (χ2v) is 5.95. The van der Waals surface area contributed by atoms with E-state index in [1.807, 2.05) is 24.3 Å². The molecule has 0 fully saturated rings. The highest BCUT2D eigenvalue weighted by molar-refractivity contribution is 5.93. The number of carbonyl (C=O) groups excluding carboxylic acids is 1. The second kappa shape index (κ2) is 7.21. The van der Waals surface area contributed by atoms with Gasteiger partial charge in [0.05, 0.1) is 6.61 Å². The highest BCUT2D eigenvalue weighted by atomic mass is 16.5. The molecule has 1 aromatic carbocycles. The lowest BCUT2D eigenvalue weighted by atomic mass is 9.96. The smallest absolute Gasteiger partial charge is 0.323 e. The van der Waals surface area contributed by atoms with Crippen molar-refractivity contribution in [3.8, 4) is 5.75 Å². The van der Waals surface area contributed by atoms with Crippen LogP contribution in [0.1, 0.15) is 15.9 Å². The number of carboxylic acid groups (broad SMARTS) is 1. The Kier molecular flexibility index (Phi) is 4.83. The Balaban J connectivity index is 1.64. The summed E-state index contributed by atoms with van der Waals surface area (Å²) < 4.78 is 6.68. The first-order chi connectivity index (χ1) is 12.0. The predicted octanol–water partition coefficient (Wildman–Crippen LogP) is 0.914. The number of benzene rings is 1. The zero-order valence-electron chi connectivity index (χ0n) is 13.5. The fraction of sp³-hybridized carbons (Fsp3) is 0.278. The summed E-state index contributed by atoms with van der Waals surface area (Å²) in [4.78, 5) is 35.2. The molecule has 2 N–H and O–H groups in total. The molecule has 0 spiro atoms. The maximum absolute atomic E-state index is 12.3. The van der Waals surface area contributed by atoms with Gasteiger partial charge in [0.2, 0.25) is 0 Å². The molecule has 1 amide bonds. The number of carbonyl (C=O) groups is 2. The molecule has 1 aliphatic rings. The molecule has 0 bridgehead atoms. The molecular weight excluding hydrogens is 324 g/mol. The second-order valence-electron chi connectivity index (χ2n) is 5.95. The van der Waals surface area contributed by atoms with Crippen molar-refractivity contribution in [2.24, 2.45) is 5.92 Å². The summed E-state index contributed by atoms with van der Waals surface area (Å²) in [6, 6.07) is 10.6. The highest BCUT2D eigenvalue weighted by Gasteiger charge is 2.21. The van der Waals surface area contributed by atoms with Gasteiger partial charge in [-0.3, -0.25) is 14.4 Å². The molecular formula is C18H18N2O5. The van der Waals surface area contributed by atoms with E-state index in [0.717, 1.165) is 22.3 Å². The number of carboxylic acids is 1. The fourth-order valence-corrected chi connectivity index (χ4v) is 2.83. The summed E-state index contributed by atoms with van der Waals surface area (Å²) >= 11 is 0. The van der Waals surface area contributed by atoms with Gasteiger partial charge in [0.1, 0.15) is 17.9 Å². The van der Waals surface area contributed by atoms with Crippen LogP contribution in [0.2, 0.25) is 0 Å². The summed E-state index contributed by atoms with van der Waals surface area (Å²) in [6.07, 6.45) is 2.13. The van der Waals surface area contributed by atoms with Crippen LogP contribution < -0.4 is 15.6 Å². The first kappa shape index (κ1) is 16.8. The van der Waals surface area contributed by atoms with Gasteiger partial charge in [-0.25, -0.2) is 0 Å². The molecule has 130 valence electrons. The third kappa shape index (κ3) is 3.88. The SMILES string of the molecule is O=C(O)Cn1cccc(C(=O)NCC2COc3ccccc3C2)c1=O. The number of rotatable bonds is 5. The first-order valence-corrected chi connectivity index (χ1v) is 7.94. The van der Waals surface area contributed by atoms with Gasteiger partial charge >= 0.3 is 5.97 Å². The molecule has 0 saturated heterocycles. The fourth-order valence-electron chi connectivity index (χ4n) is 2.83. The van der Waals surface area contributed by atoms with E-state index in [9.17, 15) is 14.4 Å². The molecule has 25 heavy (non-hydrogen) atoms. The van der Waals surface area contributed by atoms with Crippen molar-refractivity contribution >= 4 is 11.9 Å². The van der Waals surface area contributed by atoms with Crippen LogP contribution >= 0.6 is 0 Å². The Morgan fingerprint density at radius 2 is 2.04 bits per heavy atom. The van der Waals surface area contributed by atoms with Gasteiger partial charge in [-0.05, 0) is 30.2 Å². The van der Waals surface area contributed by atoms with Crippen LogP contribution in [0.5, 0.6) is 5.75 Å². The Labute approximate surface area is 143 Å². The number of nitrogens with one attached hydrogen (secondary N) is 1. The van der Waals surface area contributed by atoms with Crippen LogP contribution in [0.3, 0.4) is 0 Å². The Morgan fingerprint density at radius 3 is 2.84 bits per heavy atom. The minimum Gasteiger partial charge on any atom is -0.493 e. The van der Waals surface area contributed by atoms with E-state index in [-0.39, 0.29) is 11.5 Å². The molecule has 3 rings (SSSR count). The van der Waals surface area contributed by atoms with Gasteiger partial charge in [-0.1, -0.05) is 18.2 Å². The summed E-state index contributed by atoms with van der Waals surface area (Å²) in [5, 5.41) is 11.5. The summed E-state index contributed by atoms with van der Waals surface area (Å²) in [5.74, 6) is -0.672. The van der Waals surface area contributed by atoms with E-state index >= 15 is 0 Å². The summed E-state index contributed by atoms with van der Waals surface area (Å²) in [5.41, 5.74) is 0.407. The van der Waals surface area contributed by atoms with Gasteiger partial charge in [0.25, 0.3) is 11.5 Å². The molecule has 0 aliphatic carbocycles. The average Bonchev–Trinajstić information content (AvgIpc) is 2.61. The van der Waals surface area contributed by atoms with Crippen LogP contribution in [0.25, 0.3) is 0 Å². The van der Waals surface area contributed by atoms with E-state index in [1.54, 1.807) is 0 Å². The van der Waals surface area contributed by atoms with Crippen LogP contribution in [0.4, 0.5) is 0 Å². The molecule has 2 aromatic rings. The van der Waals surface area contributed by atoms with E-state index in [0.29, 0.717) is 13.2 Å². The molecule has 1 aliphatic heterocycles. The minimum absolute atomic E-state index is 0.0686. The van der Waals surface area contributed by atoms with Crippen LogP contribution in [-0.2, 0) is 17.8 Å². The lowest BCUT2D eigenvalue weighted by Crippen LogP contribution is -2.38. The molecule has 0 saturated carbocycles. The molecule has 0 radical (unpaired) electrons. The van der Waals surface area contributed by atoms with Crippen molar-refractivity contribution in [3.63, 3.8) is 0 Å². The number of hydrogen-bond acceptors (Lipinski definition) is 4. The highest BCUT2D eigenvalue weighted by Crippen LogP contribution is 2.26. The zero-order valence-corrected chi connectivity index (χ0v) is 13.5. The minimum atomic E-state index is -1.14. The van der Waals surface area contributed by atoms with Gasteiger partial charge in [-0.15, -0.1) is 0 Å². The predicted molar refractivity (Wildman–Crippen MR) is 89.8 cm³/mol. The Hall–Kier alpha value is -3.09. The molecule has 1 unspecified atom stereocenters. The van der Waals surface area contributed by atoms with Gasteiger partial charge < -0.3 is 19.7 Å². The molecule has 2 heterocycles. The summed E-state index contributed by atoms with van der Waals surface area (Å²) in [7, 11) is 0. The van der Waals surface area contributed by atoms with Crippen molar-refractivity contribution in [1.82, 2.24) is 9.88 Å². The number of pyridine rings is 1. The van der Waals surface area contributed by atoms with Crippen molar-refractivity contribution in [3.05, 3.63) is 64.1 Å². The number of fused-ring (bicyclic) bond motifs is 1. The van der Waals surface area contributed by atoms with Gasteiger partial charge in [0, 0.05) is 18.7 Å². The van der Waals surface area contributed by atoms with E-state index in [2.05, 4.69) is 5.32 Å². The summed E-state index contributed by atoms with van der Waals surface area (Å²) in [6.45, 7) is 0.392. The van der Waals surface area contributed by atoms with E-state index in [4.69, 9.17) is 9.84 Å². The third-order valence-corrected chi connectivity index (χ3v) is 4.08. The largest absolute Gasteiger partial charge is 0.493 e. The van der Waals surface area contributed by atoms with Gasteiger partial charge in [-0.2, -0.15) is 0 Å². The lowest BCUT2D eigenvalue weighted by Gasteiger charge is -2.25. The van der Waals surface area contributed by atoms with Crippen molar-refractivity contribution in [2.75, 3.05) is 13.2 Å². The van der Waals surface area contributed by atoms with Crippen molar-refractivity contribution < 1.29 is 19.4 Å². The van der Waals surface area contributed by atoms with Crippen LogP contribution in [0.15, 0.2) is 47.4 Å². The van der Waals surface area contributed by atoms with E-state index in [1.165, 1.54) is 18.3 Å². The standard InChI is InChI=1S/C18H18N2O5/c21-16(22)10-20-7-3-5-14(18(20)24)17(23)19-9-12-8-13-4-1-2-6-15(13)25-11-12/h1-7,12H,8-11H2,(H,19,23)(H,21,22). The average molecular weight is 342 g/mol. The van der Waals surface area contributed by atoms with Crippen molar-refractivity contribution in [2.45, 2.75) is 13.0 Å². The normalized spacial score (nSPS) is 15.8. The zero-order chi connectivity index (χ0) is 17.8. The topological polar surface area (TPSA) is 97.6 Å². The third-order valence-electron chi connectivity index (χ3n) is 4.08.